The van der Waals surface area contributed by atoms with Crippen LogP contribution in [-0.4, -0.2) is 29.3 Å². The van der Waals surface area contributed by atoms with Gasteiger partial charge in [0.15, 0.2) is 0 Å². The summed E-state index contributed by atoms with van der Waals surface area (Å²) in [4.78, 5) is 27.3. The third-order valence-corrected chi connectivity index (χ3v) is 6.43. The predicted molar refractivity (Wildman–Crippen MR) is 128 cm³/mol. The molecule has 3 aromatic rings. The molecule has 1 aromatic heterocycles. The Bertz CT molecular complexity index is 1110. The highest BCUT2D eigenvalue weighted by Crippen LogP contribution is 2.34. The Balaban J connectivity index is 1.94. The molecule has 4 nitrogen and oxygen atoms in total. The van der Waals surface area contributed by atoms with Crippen LogP contribution in [0.3, 0.4) is 0 Å². The van der Waals surface area contributed by atoms with Gasteiger partial charge in [0, 0.05) is 35.5 Å². The van der Waals surface area contributed by atoms with E-state index in [0.717, 1.165) is 27.6 Å². The van der Waals surface area contributed by atoms with Crippen LogP contribution in [-0.2, 0) is 29.0 Å². The Morgan fingerprint density at radius 2 is 1.87 bits per heavy atom. The minimum Gasteiger partial charge on any atom is -0.352 e. The standard InChI is InChI=1S/C26H28N2O2S/c1-5-13-28(18(2)3)26(30)16-21-11-12-24-22(14-21)23(17-27-19(4)29)25(31-24)15-20-9-7-6-8-10-20/h1,6-12,14,18H,13,15-17H2,2-4H3,(H,27,29). The molecule has 0 unspecified atom stereocenters. The monoisotopic (exact) mass is 432 g/mol. The molecule has 0 radical (unpaired) electrons. The van der Waals surface area contributed by atoms with Crippen molar-refractivity contribution in [2.24, 2.45) is 0 Å². The summed E-state index contributed by atoms with van der Waals surface area (Å²) in [6, 6.07) is 16.6. The quantitative estimate of drug-likeness (QED) is 0.531. The highest BCUT2D eigenvalue weighted by molar-refractivity contribution is 7.19. The Morgan fingerprint density at radius 3 is 2.52 bits per heavy atom. The fourth-order valence-electron chi connectivity index (χ4n) is 3.62. The Hall–Kier alpha value is -3.10. The molecule has 1 heterocycles. The van der Waals surface area contributed by atoms with Crippen molar-refractivity contribution in [3.8, 4) is 12.3 Å². The third-order valence-electron chi connectivity index (χ3n) is 5.22. The number of terminal acetylenes is 1. The fraction of sp³-hybridized carbons (Fsp3) is 0.308. The molecule has 0 saturated carbocycles. The predicted octanol–water partition coefficient (Wildman–Crippen LogP) is 4.54. The number of benzene rings is 2. The molecule has 1 N–H and O–H groups in total. The molecule has 0 bridgehead atoms. The zero-order valence-electron chi connectivity index (χ0n) is 18.3. The Kier molecular flexibility index (Phi) is 7.49. The van der Waals surface area contributed by atoms with Gasteiger partial charge in [-0.05, 0) is 48.1 Å². The highest BCUT2D eigenvalue weighted by Gasteiger charge is 2.18. The second-order valence-electron chi connectivity index (χ2n) is 7.90. The smallest absolute Gasteiger partial charge is 0.228 e. The van der Waals surface area contributed by atoms with Gasteiger partial charge in [-0.15, -0.1) is 17.8 Å². The van der Waals surface area contributed by atoms with Crippen molar-refractivity contribution in [3.63, 3.8) is 0 Å². The van der Waals surface area contributed by atoms with Gasteiger partial charge in [-0.1, -0.05) is 42.3 Å². The zero-order chi connectivity index (χ0) is 22.4. The first-order chi connectivity index (χ1) is 14.9. The summed E-state index contributed by atoms with van der Waals surface area (Å²) in [6.45, 7) is 6.26. The van der Waals surface area contributed by atoms with Gasteiger partial charge in [-0.2, -0.15) is 0 Å². The maximum Gasteiger partial charge on any atom is 0.228 e. The molecule has 2 aromatic carbocycles. The molecule has 31 heavy (non-hydrogen) atoms. The van der Waals surface area contributed by atoms with E-state index in [-0.39, 0.29) is 17.9 Å². The van der Waals surface area contributed by atoms with Crippen LogP contribution in [0.15, 0.2) is 48.5 Å². The number of carbonyl (C=O) groups excluding carboxylic acids is 2. The van der Waals surface area contributed by atoms with Crippen LogP contribution in [0.2, 0.25) is 0 Å². The van der Waals surface area contributed by atoms with E-state index in [2.05, 4.69) is 35.5 Å². The van der Waals surface area contributed by atoms with Crippen LogP contribution in [0.25, 0.3) is 10.1 Å². The third kappa shape index (κ3) is 5.74. The summed E-state index contributed by atoms with van der Waals surface area (Å²) in [5, 5.41) is 4.05. The maximum absolute atomic E-state index is 12.8. The van der Waals surface area contributed by atoms with E-state index in [1.807, 2.05) is 38.1 Å². The van der Waals surface area contributed by atoms with Gasteiger partial charge in [-0.3, -0.25) is 9.59 Å². The van der Waals surface area contributed by atoms with Crippen molar-refractivity contribution in [2.75, 3.05) is 6.54 Å². The van der Waals surface area contributed by atoms with E-state index in [9.17, 15) is 9.59 Å². The van der Waals surface area contributed by atoms with Gasteiger partial charge in [0.25, 0.3) is 0 Å². The summed E-state index contributed by atoms with van der Waals surface area (Å²) in [5.74, 6) is 2.54. The fourth-order valence-corrected chi connectivity index (χ4v) is 4.86. The van der Waals surface area contributed by atoms with Gasteiger partial charge >= 0.3 is 0 Å². The number of rotatable bonds is 8. The van der Waals surface area contributed by atoms with Crippen molar-refractivity contribution < 1.29 is 9.59 Å². The molecule has 160 valence electrons. The van der Waals surface area contributed by atoms with Crippen LogP contribution >= 0.6 is 11.3 Å². The first-order valence-electron chi connectivity index (χ1n) is 10.4. The van der Waals surface area contributed by atoms with E-state index in [4.69, 9.17) is 6.42 Å². The molecule has 0 aliphatic carbocycles. The molecule has 0 spiro atoms. The molecule has 0 atom stereocenters. The Labute approximate surface area is 188 Å². The lowest BCUT2D eigenvalue weighted by Crippen LogP contribution is -2.38. The van der Waals surface area contributed by atoms with Gasteiger partial charge < -0.3 is 10.2 Å². The van der Waals surface area contributed by atoms with Crippen molar-refractivity contribution in [1.82, 2.24) is 10.2 Å². The summed E-state index contributed by atoms with van der Waals surface area (Å²) in [7, 11) is 0. The summed E-state index contributed by atoms with van der Waals surface area (Å²) < 4.78 is 1.16. The topological polar surface area (TPSA) is 49.4 Å². The van der Waals surface area contributed by atoms with E-state index in [1.165, 1.54) is 17.4 Å². The van der Waals surface area contributed by atoms with Gasteiger partial charge in [0.2, 0.25) is 11.8 Å². The molecular formula is C26H28N2O2S. The number of nitrogens with one attached hydrogen (secondary N) is 1. The SMILES string of the molecule is C#CCN(C(=O)Cc1ccc2sc(Cc3ccccc3)c(CNC(C)=O)c2c1)C(C)C. The number of carbonyl (C=O) groups is 2. The van der Waals surface area contributed by atoms with Crippen molar-refractivity contribution in [1.29, 1.82) is 0 Å². The van der Waals surface area contributed by atoms with E-state index in [0.29, 0.717) is 19.5 Å². The zero-order valence-corrected chi connectivity index (χ0v) is 19.1. The number of amides is 2. The van der Waals surface area contributed by atoms with Crippen LogP contribution in [0.4, 0.5) is 0 Å². The minimum atomic E-state index is -0.0572. The molecule has 3 rings (SSSR count). The van der Waals surface area contributed by atoms with E-state index < -0.39 is 0 Å². The number of hydrogen-bond acceptors (Lipinski definition) is 3. The average Bonchev–Trinajstić information content (AvgIpc) is 3.07. The van der Waals surface area contributed by atoms with Crippen LogP contribution < -0.4 is 5.32 Å². The first kappa shape index (κ1) is 22.6. The molecule has 5 heteroatoms. The summed E-state index contributed by atoms with van der Waals surface area (Å²) in [6.07, 6.45) is 6.56. The maximum atomic E-state index is 12.8. The molecule has 0 aliphatic rings. The minimum absolute atomic E-state index is 0.0236. The molecule has 2 amide bonds. The summed E-state index contributed by atoms with van der Waals surface area (Å²) in [5.41, 5.74) is 3.31. The van der Waals surface area contributed by atoms with Gasteiger partial charge in [0.1, 0.15) is 0 Å². The molecule has 0 aliphatic heterocycles. The summed E-state index contributed by atoms with van der Waals surface area (Å²) >= 11 is 1.74. The second-order valence-corrected chi connectivity index (χ2v) is 9.04. The molecular weight excluding hydrogens is 404 g/mol. The first-order valence-corrected chi connectivity index (χ1v) is 11.2. The number of hydrogen-bond donors (Lipinski definition) is 1. The van der Waals surface area contributed by atoms with E-state index >= 15 is 0 Å². The van der Waals surface area contributed by atoms with Crippen LogP contribution in [0.1, 0.15) is 42.3 Å². The number of fused-ring (bicyclic) bond motifs is 1. The van der Waals surface area contributed by atoms with Crippen molar-refractivity contribution >= 4 is 33.2 Å². The molecule has 0 fully saturated rings. The van der Waals surface area contributed by atoms with Crippen molar-refractivity contribution in [2.45, 2.75) is 46.2 Å². The molecule has 0 saturated heterocycles. The lowest BCUT2D eigenvalue weighted by molar-refractivity contribution is -0.131. The van der Waals surface area contributed by atoms with Crippen molar-refractivity contribution in [3.05, 3.63) is 70.1 Å². The average molecular weight is 433 g/mol. The van der Waals surface area contributed by atoms with Gasteiger partial charge in [0.05, 0.1) is 13.0 Å². The van der Waals surface area contributed by atoms with Gasteiger partial charge in [-0.25, -0.2) is 0 Å². The second kappa shape index (κ2) is 10.3. The lowest BCUT2D eigenvalue weighted by Gasteiger charge is -2.24. The van der Waals surface area contributed by atoms with Crippen LogP contribution in [0.5, 0.6) is 0 Å². The number of thiophene rings is 1. The highest BCUT2D eigenvalue weighted by atomic mass is 32.1. The largest absolute Gasteiger partial charge is 0.352 e. The Morgan fingerprint density at radius 1 is 1.13 bits per heavy atom. The number of nitrogens with zero attached hydrogens (tertiary/aromatic N) is 1. The normalized spacial score (nSPS) is 10.8. The van der Waals surface area contributed by atoms with E-state index in [1.54, 1.807) is 16.2 Å². The lowest BCUT2D eigenvalue weighted by atomic mass is 10.0. The van der Waals surface area contributed by atoms with Crippen LogP contribution in [0, 0.1) is 12.3 Å².